The summed E-state index contributed by atoms with van der Waals surface area (Å²) in [5, 5.41) is 6.62. The van der Waals surface area contributed by atoms with Crippen LogP contribution in [0.25, 0.3) is 0 Å². The first-order valence-corrected chi connectivity index (χ1v) is 7.25. The molecule has 0 aliphatic rings. The van der Waals surface area contributed by atoms with Gasteiger partial charge in [-0.1, -0.05) is 20.8 Å². The van der Waals surface area contributed by atoms with E-state index in [1.807, 2.05) is 24.0 Å². The number of imidazole rings is 1. The summed E-state index contributed by atoms with van der Waals surface area (Å²) >= 11 is 1.69. The quantitative estimate of drug-likeness (QED) is 0.867. The second-order valence-corrected chi connectivity index (χ2v) is 5.70. The predicted octanol–water partition coefficient (Wildman–Crippen LogP) is 3.56. The van der Waals surface area contributed by atoms with E-state index in [9.17, 15) is 0 Å². The maximum Gasteiger partial charge on any atom is 0.203 e. The lowest BCUT2D eigenvalue weighted by molar-refractivity contribution is 0.523. The van der Waals surface area contributed by atoms with Crippen LogP contribution in [0.2, 0.25) is 0 Å². The fourth-order valence-corrected chi connectivity index (χ4v) is 2.66. The maximum atomic E-state index is 4.40. The molecule has 0 radical (unpaired) electrons. The normalized spacial score (nSPS) is 12.9. The number of hydrogen-bond acceptors (Lipinski definition) is 4. The molecule has 2 rings (SSSR count). The molecule has 0 saturated heterocycles. The first-order chi connectivity index (χ1) is 8.70. The monoisotopic (exact) mass is 264 g/mol. The second kappa shape index (κ2) is 6.00. The van der Waals surface area contributed by atoms with Gasteiger partial charge in [-0.05, 0) is 12.3 Å². The zero-order valence-electron chi connectivity index (χ0n) is 11.1. The van der Waals surface area contributed by atoms with E-state index >= 15 is 0 Å². The van der Waals surface area contributed by atoms with Gasteiger partial charge in [-0.3, -0.25) is 0 Å². The summed E-state index contributed by atoms with van der Waals surface area (Å²) in [5.41, 5.74) is 0. The van der Waals surface area contributed by atoms with Crippen molar-refractivity contribution in [3.63, 3.8) is 0 Å². The first-order valence-electron chi connectivity index (χ1n) is 6.37. The van der Waals surface area contributed by atoms with Crippen LogP contribution >= 0.6 is 11.3 Å². The number of nitrogens with zero attached hydrogens (tertiary/aromatic N) is 3. The molecular formula is C13H20N4S. The van der Waals surface area contributed by atoms with Gasteiger partial charge in [0.05, 0.1) is 6.04 Å². The molecule has 1 N–H and O–H groups in total. The molecule has 18 heavy (non-hydrogen) atoms. The summed E-state index contributed by atoms with van der Waals surface area (Å²) in [4.78, 5) is 8.77. The Morgan fingerprint density at radius 1 is 1.33 bits per heavy atom. The third kappa shape index (κ3) is 3.10. The standard InChI is InChI=1S/C13H20N4S/c1-4-11(12-14-6-8-18-12)16-13-15-5-7-17(13)9-10(2)3/h5-8,10-11H,4,9H2,1-3H3,(H,15,16). The van der Waals surface area contributed by atoms with Crippen LogP contribution in [0, 0.1) is 5.92 Å². The first kappa shape index (κ1) is 13.1. The molecule has 2 heterocycles. The number of anilines is 1. The molecule has 1 atom stereocenters. The van der Waals surface area contributed by atoms with Gasteiger partial charge in [0.25, 0.3) is 0 Å². The van der Waals surface area contributed by atoms with E-state index in [0.717, 1.165) is 23.9 Å². The lowest BCUT2D eigenvalue weighted by atomic mass is 10.2. The van der Waals surface area contributed by atoms with Gasteiger partial charge in [0.1, 0.15) is 5.01 Å². The average molecular weight is 264 g/mol. The average Bonchev–Trinajstić information content (AvgIpc) is 2.96. The Morgan fingerprint density at radius 2 is 2.17 bits per heavy atom. The third-order valence-electron chi connectivity index (χ3n) is 2.74. The lowest BCUT2D eigenvalue weighted by Gasteiger charge is -2.17. The number of aromatic nitrogens is 3. The molecule has 5 heteroatoms. The van der Waals surface area contributed by atoms with Crippen molar-refractivity contribution in [2.45, 2.75) is 39.8 Å². The summed E-state index contributed by atoms with van der Waals surface area (Å²) < 4.78 is 2.17. The van der Waals surface area contributed by atoms with Gasteiger partial charge in [0.15, 0.2) is 0 Å². The molecule has 2 aromatic heterocycles. The Kier molecular flexibility index (Phi) is 4.36. The smallest absolute Gasteiger partial charge is 0.203 e. The molecule has 1 unspecified atom stereocenters. The largest absolute Gasteiger partial charge is 0.346 e. The molecule has 0 saturated carbocycles. The van der Waals surface area contributed by atoms with Crippen molar-refractivity contribution in [1.82, 2.24) is 14.5 Å². The van der Waals surface area contributed by atoms with Crippen molar-refractivity contribution in [2.24, 2.45) is 5.92 Å². The summed E-state index contributed by atoms with van der Waals surface area (Å²) in [5.74, 6) is 1.55. The molecule has 0 bridgehead atoms. The molecule has 0 aromatic carbocycles. The summed E-state index contributed by atoms with van der Waals surface area (Å²) in [6.45, 7) is 7.56. The van der Waals surface area contributed by atoms with Crippen molar-refractivity contribution in [2.75, 3.05) is 5.32 Å². The van der Waals surface area contributed by atoms with E-state index in [4.69, 9.17) is 0 Å². The van der Waals surface area contributed by atoms with Crippen molar-refractivity contribution >= 4 is 17.3 Å². The minimum Gasteiger partial charge on any atom is -0.346 e. The van der Waals surface area contributed by atoms with Gasteiger partial charge in [0, 0.05) is 30.5 Å². The molecule has 0 spiro atoms. The van der Waals surface area contributed by atoms with Crippen LogP contribution in [0.1, 0.15) is 38.2 Å². The van der Waals surface area contributed by atoms with Gasteiger partial charge in [-0.25, -0.2) is 9.97 Å². The molecule has 0 aliphatic carbocycles. The molecule has 2 aromatic rings. The van der Waals surface area contributed by atoms with E-state index in [1.54, 1.807) is 11.3 Å². The van der Waals surface area contributed by atoms with Crippen LogP contribution < -0.4 is 5.32 Å². The summed E-state index contributed by atoms with van der Waals surface area (Å²) in [6, 6.07) is 0.248. The Hall–Kier alpha value is -1.36. The minimum absolute atomic E-state index is 0.248. The Labute approximate surface area is 112 Å². The van der Waals surface area contributed by atoms with Crippen molar-refractivity contribution < 1.29 is 0 Å². The van der Waals surface area contributed by atoms with Gasteiger partial charge in [-0.15, -0.1) is 11.3 Å². The zero-order chi connectivity index (χ0) is 13.0. The van der Waals surface area contributed by atoms with E-state index < -0.39 is 0 Å². The number of thiazole rings is 1. The maximum absolute atomic E-state index is 4.40. The fraction of sp³-hybridized carbons (Fsp3) is 0.538. The van der Waals surface area contributed by atoms with E-state index in [-0.39, 0.29) is 6.04 Å². The molecule has 98 valence electrons. The Morgan fingerprint density at radius 3 is 2.78 bits per heavy atom. The molecule has 0 aliphatic heterocycles. The molecule has 0 amide bonds. The Balaban J connectivity index is 2.10. The molecular weight excluding hydrogens is 244 g/mol. The van der Waals surface area contributed by atoms with Crippen LogP contribution in [-0.2, 0) is 6.54 Å². The second-order valence-electron chi connectivity index (χ2n) is 4.77. The fourth-order valence-electron chi connectivity index (χ4n) is 1.89. The molecule has 4 nitrogen and oxygen atoms in total. The van der Waals surface area contributed by atoms with Crippen molar-refractivity contribution in [3.05, 3.63) is 29.0 Å². The van der Waals surface area contributed by atoms with Crippen LogP contribution in [0.3, 0.4) is 0 Å². The highest BCUT2D eigenvalue weighted by molar-refractivity contribution is 7.09. The summed E-state index contributed by atoms with van der Waals surface area (Å²) in [6.07, 6.45) is 6.73. The summed E-state index contributed by atoms with van der Waals surface area (Å²) in [7, 11) is 0. The third-order valence-corrected chi connectivity index (χ3v) is 3.63. The van der Waals surface area contributed by atoms with Crippen LogP contribution in [0.15, 0.2) is 24.0 Å². The molecule has 0 fully saturated rings. The van der Waals surface area contributed by atoms with E-state index in [1.165, 1.54) is 0 Å². The zero-order valence-corrected chi connectivity index (χ0v) is 11.9. The van der Waals surface area contributed by atoms with Crippen molar-refractivity contribution in [1.29, 1.82) is 0 Å². The lowest BCUT2D eigenvalue weighted by Crippen LogP contribution is -2.15. The van der Waals surface area contributed by atoms with Crippen molar-refractivity contribution in [3.8, 4) is 0 Å². The number of rotatable bonds is 6. The minimum atomic E-state index is 0.248. The highest BCUT2D eigenvalue weighted by Gasteiger charge is 2.14. The van der Waals surface area contributed by atoms with Crippen LogP contribution in [0.5, 0.6) is 0 Å². The van der Waals surface area contributed by atoms with Gasteiger partial charge in [0.2, 0.25) is 5.95 Å². The SMILES string of the molecule is CCC(Nc1nccn1CC(C)C)c1nccs1. The van der Waals surface area contributed by atoms with Crippen LogP contribution in [0.4, 0.5) is 5.95 Å². The number of hydrogen-bond donors (Lipinski definition) is 1. The van der Waals surface area contributed by atoms with Gasteiger partial charge >= 0.3 is 0 Å². The van der Waals surface area contributed by atoms with Gasteiger partial charge in [-0.2, -0.15) is 0 Å². The highest BCUT2D eigenvalue weighted by Crippen LogP contribution is 2.23. The predicted molar refractivity (Wildman–Crippen MR) is 75.8 cm³/mol. The van der Waals surface area contributed by atoms with Gasteiger partial charge < -0.3 is 9.88 Å². The van der Waals surface area contributed by atoms with E-state index in [2.05, 4.69) is 40.6 Å². The Bertz CT molecular complexity index is 461. The van der Waals surface area contributed by atoms with E-state index in [0.29, 0.717) is 5.92 Å². The number of nitrogens with one attached hydrogen (secondary N) is 1. The van der Waals surface area contributed by atoms with Crippen LogP contribution in [-0.4, -0.2) is 14.5 Å². The topological polar surface area (TPSA) is 42.7 Å². The highest BCUT2D eigenvalue weighted by atomic mass is 32.1.